The summed E-state index contributed by atoms with van der Waals surface area (Å²) in [4.78, 5) is 16.9. The Morgan fingerprint density at radius 3 is 2.78 bits per heavy atom. The van der Waals surface area contributed by atoms with Crippen molar-refractivity contribution in [3.05, 3.63) is 23.3 Å². The van der Waals surface area contributed by atoms with E-state index in [1.165, 1.54) is 0 Å². The second kappa shape index (κ2) is 7.39. The van der Waals surface area contributed by atoms with Crippen molar-refractivity contribution < 1.29 is 18.5 Å². The van der Waals surface area contributed by atoms with Crippen LogP contribution in [0.5, 0.6) is 0 Å². The first-order valence-electron chi connectivity index (χ1n) is 8.38. The lowest BCUT2D eigenvalue weighted by molar-refractivity contribution is -0.829. The molecule has 128 valence electrons. The molecule has 0 N–H and O–H groups in total. The first kappa shape index (κ1) is 17.9. The summed E-state index contributed by atoms with van der Waals surface area (Å²) < 4.78 is 14.5. The maximum atomic E-state index is 14.2. The van der Waals surface area contributed by atoms with E-state index in [9.17, 15) is 9.18 Å². The van der Waals surface area contributed by atoms with Crippen molar-refractivity contribution in [2.24, 2.45) is 11.1 Å². The number of carbonyl (C=O) groups excluding carboxylic acids is 1. The maximum Gasteiger partial charge on any atom is 0.301 e. The Labute approximate surface area is 138 Å². The van der Waals surface area contributed by atoms with Gasteiger partial charge in [-0.2, -0.15) is 0 Å². The molecule has 0 bridgehead atoms. The molecule has 1 aliphatic heterocycles. The predicted octanol–water partition coefficient (Wildman–Crippen LogP) is 3.39. The van der Waals surface area contributed by atoms with Crippen LogP contribution in [0.25, 0.3) is 0 Å². The molecule has 0 saturated heterocycles. The molecule has 4 nitrogen and oxygen atoms in total. The molecule has 23 heavy (non-hydrogen) atoms. The van der Waals surface area contributed by atoms with Gasteiger partial charge in [0.15, 0.2) is 0 Å². The molecule has 0 spiro atoms. The zero-order chi connectivity index (χ0) is 17.0. The zero-order valence-corrected chi connectivity index (χ0v) is 14.6. The van der Waals surface area contributed by atoms with Crippen LogP contribution < -0.4 is 0 Å². The van der Waals surface area contributed by atoms with E-state index >= 15 is 0 Å². The lowest BCUT2D eigenvalue weighted by Crippen LogP contribution is -2.46. The van der Waals surface area contributed by atoms with Gasteiger partial charge in [0.25, 0.3) is 0 Å². The van der Waals surface area contributed by atoms with Crippen LogP contribution in [-0.2, 0) is 9.63 Å². The molecular weight excluding hydrogens is 295 g/mol. The summed E-state index contributed by atoms with van der Waals surface area (Å²) in [6, 6.07) is 0. The maximum absolute atomic E-state index is 14.2. The Kier molecular flexibility index (Phi) is 5.74. The van der Waals surface area contributed by atoms with Gasteiger partial charge < -0.3 is 4.84 Å². The molecule has 5 heteroatoms. The molecule has 0 aromatic rings. The van der Waals surface area contributed by atoms with Crippen LogP contribution in [0.1, 0.15) is 40.0 Å². The van der Waals surface area contributed by atoms with Crippen LogP contribution in [0.15, 0.2) is 28.5 Å². The minimum atomic E-state index is -0.988. The molecule has 2 rings (SSSR count). The second-order valence-corrected chi connectivity index (χ2v) is 7.45. The molecule has 0 aromatic heterocycles. The van der Waals surface area contributed by atoms with Gasteiger partial charge >= 0.3 is 6.41 Å². The molecule has 0 radical (unpaired) electrons. The number of hydrogen-bond acceptors (Lipinski definition) is 3. The lowest BCUT2D eigenvalue weighted by Gasteiger charge is -2.29. The summed E-state index contributed by atoms with van der Waals surface area (Å²) in [5.74, 6) is 0.455. The van der Waals surface area contributed by atoms with Crippen molar-refractivity contribution in [2.45, 2.75) is 52.3 Å². The van der Waals surface area contributed by atoms with Gasteiger partial charge in [0.05, 0.1) is 25.8 Å². The minimum absolute atomic E-state index is 0.0605. The summed E-state index contributed by atoms with van der Waals surface area (Å²) in [6.45, 7) is 7.68. The van der Waals surface area contributed by atoms with E-state index in [0.717, 1.165) is 30.7 Å². The number of alkyl halides is 1. The minimum Gasteiger partial charge on any atom is -0.392 e. The Morgan fingerprint density at radius 1 is 1.43 bits per heavy atom. The highest BCUT2D eigenvalue weighted by Gasteiger charge is 2.31. The summed E-state index contributed by atoms with van der Waals surface area (Å²) in [7, 11) is 1.94. The number of nitrogens with zero attached hydrogens (tertiary/aromatic N) is 2. The van der Waals surface area contributed by atoms with Gasteiger partial charge in [0.2, 0.25) is 0 Å². The topological polar surface area (TPSA) is 38.7 Å². The van der Waals surface area contributed by atoms with E-state index in [0.29, 0.717) is 35.4 Å². The third kappa shape index (κ3) is 4.74. The fourth-order valence-electron chi connectivity index (χ4n) is 3.29. The van der Waals surface area contributed by atoms with Gasteiger partial charge in [-0.05, 0) is 6.92 Å². The number of quaternary nitrogens is 1. The average molecular weight is 323 g/mol. The highest BCUT2D eigenvalue weighted by molar-refractivity contribution is 6.02. The summed E-state index contributed by atoms with van der Waals surface area (Å²) >= 11 is 0. The van der Waals surface area contributed by atoms with E-state index in [1.807, 2.05) is 26.1 Å². The average Bonchev–Trinajstić information content (AvgIpc) is 2.93. The summed E-state index contributed by atoms with van der Waals surface area (Å²) in [5.41, 5.74) is 2.41. The molecule has 1 heterocycles. The number of hydrogen-bond donors (Lipinski definition) is 0. The smallest absolute Gasteiger partial charge is 0.301 e. The van der Waals surface area contributed by atoms with Crippen LogP contribution in [0.4, 0.5) is 4.39 Å². The number of rotatable bonds is 7. The van der Waals surface area contributed by atoms with Crippen LogP contribution in [0.3, 0.4) is 0 Å². The molecule has 3 unspecified atom stereocenters. The first-order valence-corrected chi connectivity index (χ1v) is 8.38. The van der Waals surface area contributed by atoms with Crippen LogP contribution >= 0.6 is 0 Å². The van der Waals surface area contributed by atoms with Crippen molar-refractivity contribution in [3.63, 3.8) is 0 Å². The molecule has 1 amide bonds. The third-order valence-electron chi connectivity index (χ3n) is 4.45. The summed E-state index contributed by atoms with van der Waals surface area (Å²) in [6.07, 6.45) is 5.53. The molecular formula is C18H28FN2O2+. The standard InChI is InChI=1S/C18H28FN2O2/c1-13(2)11-21(4,12-22)8-7-15-10-18(20-23-15)16-6-5-14(3)9-17(16)19/h5-6,12-13,15,17H,7-11H2,1-4H3/q+1. The van der Waals surface area contributed by atoms with Gasteiger partial charge in [0, 0.05) is 30.8 Å². The van der Waals surface area contributed by atoms with Gasteiger partial charge in [0.1, 0.15) is 12.3 Å². The molecule has 0 aromatic carbocycles. The van der Waals surface area contributed by atoms with Gasteiger partial charge in [-0.1, -0.05) is 36.7 Å². The first-order chi connectivity index (χ1) is 10.8. The largest absolute Gasteiger partial charge is 0.392 e. The van der Waals surface area contributed by atoms with E-state index in [2.05, 4.69) is 19.0 Å². The number of halogens is 1. The normalized spacial score (nSPS) is 27.0. The fraction of sp³-hybridized carbons (Fsp3) is 0.667. The number of carbonyl (C=O) groups is 1. The van der Waals surface area contributed by atoms with Crippen molar-refractivity contribution in [1.82, 2.24) is 0 Å². The van der Waals surface area contributed by atoms with Crippen LogP contribution in [0.2, 0.25) is 0 Å². The number of oxime groups is 1. The highest BCUT2D eigenvalue weighted by Crippen LogP contribution is 2.28. The van der Waals surface area contributed by atoms with Gasteiger partial charge in [-0.25, -0.2) is 9.18 Å². The second-order valence-electron chi connectivity index (χ2n) is 7.45. The van der Waals surface area contributed by atoms with Gasteiger partial charge in [-0.3, -0.25) is 4.48 Å². The van der Waals surface area contributed by atoms with Crippen molar-refractivity contribution in [2.75, 3.05) is 20.1 Å². The van der Waals surface area contributed by atoms with E-state index in [-0.39, 0.29) is 6.10 Å². The molecule has 1 aliphatic carbocycles. The van der Waals surface area contributed by atoms with Crippen molar-refractivity contribution >= 4 is 12.1 Å². The Morgan fingerprint density at radius 2 is 2.17 bits per heavy atom. The molecule has 0 fully saturated rings. The number of allylic oxidation sites excluding steroid dienone is 4. The van der Waals surface area contributed by atoms with Crippen molar-refractivity contribution in [3.8, 4) is 0 Å². The molecule has 0 saturated carbocycles. The SMILES string of the molecule is CC1=CC=C(C2=NOC(CC[N+](C)(C=O)CC(C)C)C2)C(F)C1. The Hall–Kier alpha value is -1.49. The van der Waals surface area contributed by atoms with Gasteiger partial charge in [-0.15, -0.1) is 0 Å². The quantitative estimate of drug-likeness (QED) is 0.532. The van der Waals surface area contributed by atoms with E-state index < -0.39 is 6.17 Å². The Balaban J connectivity index is 1.89. The predicted molar refractivity (Wildman–Crippen MR) is 89.7 cm³/mol. The number of amides is 1. The van der Waals surface area contributed by atoms with E-state index in [4.69, 9.17) is 4.84 Å². The van der Waals surface area contributed by atoms with Crippen LogP contribution in [0, 0.1) is 5.92 Å². The fourth-order valence-corrected chi connectivity index (χ4v) is 3.29. The monoisotopic (exact) mass is 323 g/mol. The molecule has 2 aliphatic rings. The third-order valence-corrected chi connectivity index (χ3v) is 4.45. The zero-order valence-electron chi connectivity index (χ0n) is 14.6. The highest BCUT2D eigenvalue weighted by atomic mass is 19.1. The lowest BCUT2D eigenvalue weighted by atomic mass is 9.92. The van der Waals surface area contributed by atoms with Crippen LogP contribution in [-0.4, -0.2) is 49.0 Å². The Bertz CT molecular complexity index is 539. The molecule has 3 atom stereocenters. The van der Waals surface area contributed by atoms with E-state index in [1.54, 1.807) is 0 Å². The van der Waals surface area contributed by atoms with Crippen molar-refractivity contribution in [1.29, 1.82) is 0 Å². The summed E-state index contributed by atoms with van der Waals surface area (Å²) in [5, 5.41) is 4.09.